The summed E-state index contributed by atoms with van der Waals surface area (Å²) < 4.78 is 0.959. The van der Waals surface area contributed by atoms with Crippen molar-refractivity contribution in [2.75, 3.05) is 6.54 Å². The van der Waals surface area contributed by atoms with E-state index in [1.165, 1.54) is 24.3 Å². The lowest BCUT2D eigenvalue weighted by molar-refractivity contribution is -0.384. The predicted molar refractivity (Wildman–Crippen MR) is 109 cm³/mol. The highest BCUT2D eigenvalue weighted by Crippen LogP contribution is 2.13. The van der Waals surface area contributed by atoms with Gasteiger partial charge in [-0.15, -0.1) is 0 Å². The van der Waals surface area contributed by atoms with Crippen molar-refractivity contribution in [3.05, 3.63) is 74.2 Å². The summed E-state index contributed by atoms with van der Waals surface area (Å²) in [5, 5.41) is 17.4. The molecule has 0 atom stereocenters. The van der Waals surface area contributed by atoms with Gasteiger partial charge in [-0.2, -0.15) is 5.10 Å². The Morgan fingerprint density at radius 2 is 1.86 bits per heavy atom. The number of rotatable bonds is 8. The number of halogens is 1. The van der Waals surface area contributed by atoms with Gasteiger partial charge in [0.15, 0.2) is 0 Å². The molecule has 0 aliphatic rings. The summed E-state index contributed by atoms with van der Waals surface area (Å²) in [7, 11) is 0. The zero-order valence-corrected chi connectivity index (χ0v) is 16.7. The molecule has 0 fully saturated rings. The number of nitro groups is 1. The normalized spacial score (nSPS) is 11.0. The largest absolute Gasteiger partial charge is 0.352 e. The Kier molecular flexibility index (Phi) is 7.82. The van der Waals surface area contributed by atoms with E-state index in [9.17, 15) is 19.7 Å². The van der Waals surface area contributed by atoms with Gasteiger partial charge in [0.1, 0.15) is 0 Å². The predicted octanol–water partition coefficient (Wildman–Crippen LogP) is 3.41. The Balaban J connectivity index is 1.74. The third-order valence-electron chi connectivity index (χ3n) is 3.80. The van der Waals surface area contributed by atoms with E-state index < -0.39 is 10.8 Å². The molecule has 0 spiro atoms. The highest BCUT2D eigenvalue weighted by molar-refractivity contribution is 9.10. The number of nitrogens with zero attached hydrogens (tertiary/aromatic N) is 2. The van der Waals surface area contributed by atoms with Crippen molar-refractivity contribution in [3.63, 3.8) is 0 Å². The molecule has 9 heteroatoms. The molecule has 0 aromatic heterocycles. The molecule has 0 heterocycles. The third-order valence-corrected chi connectivity index (χ3v) is 4.32. The maximum atomic E-state index is 12.0. The third kappa shape index (κ3) is 6.58. The molecule has 8 nitrogen and oxygen atoms in total. The molecule has 2 rings (SSSR count). The molecule has 2 amide bonds. The number of amides is 2. The van der Waals surface area contributed by atoms with Gasteiger partial charge in [-0.25, -0.2) is 5.43 Å². The van der Waals surface area contributed by atoms with Crippen molar-refractivity contribution in [2.24, 2.45) is 5.10 Å². The first-order valence-electron chi connectivity index (χ1n) is 8.48. The van der Waals surface area contributed by atoms with Gasteiger partial charge >= 0.3 is 0 Å². The van der Waals surface area contributed by atoms with Crippen LogP contribution in [0, 0.1) is 10.1 Å². The van der Waals surface area contributed by atoms with Crippen molar-refractivity contribution >= 4 is 39.1 Å². The van der Waals surface area contributed by atoms with Crippen LogP contribution in [-0.2, 0) is 4.79 Å². The lowest BCUT2D eigenvalue weighted by Gasteiger charge is -2.06. The SMILES string of the molecule is C/C(=N\NC(=O)CCCNC(=O)c1cccc([N+](=O)[O-])c1)c1ccc(Br)cc1. The summed E-state index contributed by atoms with van der Waals surface area (Å²) >= 11 is 3.36. The number of carbonyl (C=O) groups excluding carboxylic acids is 2. The molecule has 0 radical (unpaired) electrons. The molecule has 2 aromatic rings. The first-order valence-corrected chi connectivity index (χ1v) is 9.28. The van der Waals surface area contributed by atoms with Crippen molar-refractivity contribution < 1.29 is 14.5 Å². The Morgan fingerprint density at radius 3 is 2.54 bits per heavy atom. The van der Waals surface area contributed by atoms with Crippen molar-refractivity contribution in [1.29, 1.82) is 0 Å². The molecule has 0 aliphatic heterocycles. The molecule has 0 bridgehead atoms. The van der Waals surface area contributed by atoms with E-state index in [-0.39, 0.29) is 30.1 Å². The molecule has 0 unspecified atom stereocenters. The van der Waals surface area contributed by atoms with Crippen LogP contribution in [-0.4, -0.2) is 29.0 Å². The summed E-state index contributed by atoms with van der Waals surface area (Å²) in [6, 6.07) is 13.0. The monoisotopic (exact) mass is 446 g/mol. The second kappa shape index (κ2) is 10.3. The minimum Gasteiger partial charge on any atom is -0.352 e. The summed E-state index contributed by atoms with van der Waals surface area (Å²) in [5.74, 6) is -0.686. The molecule has 0 saturated heterocycles. The van der Waals surface area contributed by atoms with Crippen LogP contribution >= 0.6 is 15.9 Å². The van der Waals surface area contributed by atoms with Crippen LogP contribution in [0.5, 0.6) is 0 Å². The van der Waals surface area contributed by atoms with Crippen LogP contribution < -0.4 is 10.7 Å². The van der Waals surface area contributed by atoms with Crippen LogP contribution in [0.15, 0.2) is 58.1 Å². The Hall–Kier alpha value is -3.07. The van der Waals surface area contributed by atoms with Gasteiger partial charge in [-0.3, -0.25) is 19.7 Å². The van der Waals surface area contributed by atoms with Gasteiger partial charge in [0.2, 0.25) is 5.91 Å². The Bertz CT molecular complexity index is 897. The first-order chi connectivity index (χ1) is 13.4. The van der Waals surface area contributed by atoms with Crippen LogP contribution in [0.1, 0.15) is 35.7 Å². The molecular weight excluding hydrogens is 428 g/mol. The van der Waals surface area contributed by atoms with Crippen LogP contribution in [0.25, 0.3) is 0 Å². The number of nitrogens with one attached hydrogen (secondary N) is 2. The lowest BCUT2D eigenvalue weighted by atomic mass is 10.1. The number of nitro benzene ring substituents is 1. The van der Waals surface area contributed by atoms with E-state index in [1.807, 2.05) is 24.3 Å². The van der Waals surface area contributed by atoms with Gasteiger partial charge < -0.3 is 5.32 Å². The van der Waals surface area contributed by atoms with Crippen LogP contribution in [0.3, 0.4) is 0 Å². The summed E-state index contributed by atoms with van der Waals surface area (Å²) in [5.41, 5.74) is 4.12. The minimum absolute atomic E-state index is 0.147. The van der Waals surface area contributed by atoms with E-state index in [0.29, 0.717) is 12.1 Å². The van der Waals surface area contributed by atoms with Crippen LogP contribution in [0.4, 0.5) is 5.69 Å². The summed E-state index contributed by atoms with van der Waals surface area (Å²) in [4.78, 5) is 34.0. The van der Waals surface area contributed by atoms with E-state index >= 15 is 0 Å². The number of hydrogen-bond acceptors (Lipinski definition) is 5. The highest BCUT2D eigenvalue weighted by atomic mass is 79.9. The van der Waals surface area contributed by atoms with Crippen molar-refractivity contribution in [3.8, 4) is 0 Å². The molecule has 2 N–H and O–H groups in total. The quantitative estimate of drug-likeness (QED) is 0.279. The molecule has 0 saturated carbocycles. The number of carbonyl (C=O) groups is 2. The summed E-state index contributed by atoms with van der Waals surface area (Å²) in [6.07, 6.45) is 0.603. The van der Waals surface area contributed by atoms with Crippen molar-refractivity contribution in [2.45, 2.75) is 19.8 Å². The number of hydrazone groups is 1. The van der Waals surface area contributed by atoms with E-state index in [2.05, 4.69) is 31.8 Å². The topological polar surface area (TPSA) is 114 Å². The van der Waals surface area contributed by atoms with E-state index in [4.69, 9.17) is 0 Å². The maximum absolute atomic E-state index is 12.0. The minimum atomic E-state index is -0.558. The van der Waals surface area contributed by atoms with Gasteiger partial charge in [0.25, 0.3) is 11.6 Å². The standard InChI is InChI=1S/C19H19BrN4O4/c1-13(14-7-9-16(20)10-8-14)22-23-18(25)6-3-11-21-19(26)15-4-2-5-17(12-15)24(27)28/h2,4-5,7-10,12H,3,6,11H2,1H3,(H,21,26)(H,23,25)/b22-13+. The van der Waals surface area contributed by atoms with E-state index in [1.54, 1.807) is 6.92 Å². The highest BCUT2D eigenvalue weighted by Gasteiger charge is 2.11. The van der Waals surface area contributed by atoms with Crippen molar-refractivity contribution in [1.82, 2.24) is 10.7 Å². The van der Waals surface area contributed by atoms with Gasteiger partial charge in [0.05, 0.1) is 10.6 Å². The lowest BCUT2D eigenvalue weighted by Crippen LogP contribution is -2.26. The molecule has 2 aromatic carbocycles. The van der Waals surface area contributed by atoms with Gasteiger partial charge in [-0.05, 0) is 37.1 Å². The zero-order valence-electron chi connectivity index (χ0n) is 15.1. The Labute approximate surface area is 170 Å². The average Bonchev–Trinajstić information content (AvgIpc) is 2.69. The van der Waals surface area contributed by atoms with E-state index in [0.717, 1.165) is 10.0 Å². The molecule has 0 aliphatic carbocycles. The average molecular weight is 447 g/mol. The zero-order chi connectivity index (χ0) is 20.5. The Morgan fingerprint density at radius 1 is 1.14 bits per heavy atom. The first kappa shape index (κ1) is 21.2. The fourth-order valence-corrected chi connectivity index (χ4v) is 2.54. The molecular formula is C19H19BrN4O4. The fraction of sp³-hybridized carbons (Fsp3) is 0.211. The number of benzene rings is 2. The number of non-ortho nitro benzene ring substituents is 1. The molecule has 28 heavy (non-hydrogen) atoms. The second-order valence-electron chi connectivity index (χ2n) is 5.91. The van der Waals surface area contributed by atoms with Gasteiger partial charge in [0, 0.05) is 35.1 Å². The van der Waals surface area contributed by atoms with Crippen LogP contribution in [0.2, 0.25) is 0 Å². The summed E-state index contributed by atoms with van der Waals surface area (Å²) in [6.45, 7) is 2.06. The smallest absolute Gasteiger partial charge is 0.270 e. The second-order valence-corrected chi connectivity index (χ2v) is 6.82. The van der Waals surface area contributed by atoms with Gasteiger partial charge in [-0.1, -0.05) is 34.1 Å². The molecule has 146 valence electrons. The fourth-order valence-electron chi connectivity index (χ4n) is 2.27. The number of hydrogen-bond donors (Lipinski definition) is 2. The maximum Gasteiger partial charge on any atom is 0.270 e.